The first-order chi connectivity index (χ1) is 6.36. The summed E-state index contributed by atoms with van der Waals surface area (Å²) >= 11 is 4.44. The van der Waals surface area contributed by atoms with E-state index in [1.165, 1.54) is 18.3 Å². The second-order valence-corrected chi connectivity index (χ2v) is 3.61. The monoisotopic (exact) mass is 192 g/mol. The molecular weight excluding hydrogens is 184 g/mol. The summed E-state index contributed by atoms with van der Waals surface area (Å²) in [6, 6.07) is 0. The van der Waals surface area contributed by atoms with E-state index in [2.05, 4.69) is 27.7 Å². The summed E-state index contributed by atoms with van der Waals surface area (Å²) in [5.41, 5.74) is 2.38. The van der Waals surface area contributed by atoms with Crippen LogP contribution < -0.4 is 0 Å². The molecule has 0 saturated carbocycles. The third kappa shape index (κ3) is 0.904. The second kappa shape index (κ2) is 2.45. The van der Waals surface area contributed by atoms with Crippen LogP contribution in [0.15, 0.2) is 11.4 Å². The number of rotatable bonds is 0. The lowest BCUT2D eigenvalue weighted by Gasteiger charge is -2.03. The summed E-state index contributed by atoms with van der Waals surface area (Å²) in [6.07, 6.45) is 4.80. The molecule has 0 fully saturated rings. The van der Waals surface area contributed by atoms with Gasteiger partial charge in [0.2, 0.25) is 0 Å². The maximum absolute atomic E-state index is 4.44. The molecule has 0 bridgehead atoms. The van der Waals surface area contributed by atoms with Gasteiger partial charge in [-0.15, -0.1) is 12.6 Å². The van der Waals surface area contributed by atoms with Gasteiger partial charge in [-0.2, -0.15) is 14.6 Å². The molecule has 2 heterocycles. The van der Waals surface area contributed by atoms with E-state index < -0.39 is 0 Å². The lowest BCUT2D eigenvalue weighted by Crippen LogP contribution is -2.00. The predicted octanol–water partition coefficient (Wildman–Crippen LogP) is 0.902. The Bertz CT molecular complexity index is 476. The average molecular weight is 192 g/mol. The van der Waals surface area contributed by atoms with Gasteiger partial charge < -0.3 is 0 Å². The Labute approximate surface area is 80.4 Å². The maximum atomic E-state index is 4.44. The molecule has 0 radical (unpaired) electrons. The number of hydrogen-bond donors (Lipinski definition) is 1. The molecule has 0 N–H and O–H groups in total. The van der Waals surface area contributed by atoms with E-state index in [4.69, 9.17) is 0 Å². The van der Waals surface area contributed by atoms with E-state index >= 15 is 0 Å². The van der Waals surface area contributed by atoms with Crippen molar-refractivity contribution >= 4 is 18.4 Å². The number of aromatic nitrogens is 4. The molecule has 3 rings (SSSR count). The van der Waals surface area contributed by atoms with Crippen molar-refractivity contribution in [2.75, 3.05) is 0 Å². The van der Waals surface area contributed by atoms with Gasteiger partial charge in [0.25, 0.3) is 5.78 Å². The molecular formula is C8H8N4S. The quantitative estimate of drug-likeness (QED) is 0.498. The van der Waals surface area contributed by atoms with Gasteiger partial charge in [0, 0.05) is 5.56 Å². The lowest BCUT2D eigenvalue weighted by molar-refractivity contribution is 0.814. The minimum absolute atomic E-state index is 0.658. The molecule has 2 aromatic heterocycles. The number of nitrogens with zero attached hydrogens (tertiary/aromatic N) is 4. The van der Waals surface area contributed by atoms with Crippen LogP contribution >= 0.6 is 12.6 Å². The van der Waals surface area contributed by atoms with E-state index in [-0.39, 0.29) is 0 Å². The van der Waals surface area contributed by atoms with Crippen LogP contribution in [0.2, 0.25) is 0 Å². The van der Waals surface area contributed by atoms with E-state index in [0.717, 1.165) is 23.6 Å². The third-order valence-electron chi connectivity index (χ3n) is 2.42. The van der Waals surface area contributed by atoms with Gasteiger partial charge in [-0.25, -0.2) is 4.98 Å². The first-order valence-corrected chi connectivity index (χ1v) is 4.71. The maximum Gasteiger partial charge on any atom is 0.253 e. The Balaban J connectivity index is 2.45. The van der Waals surface area contributed by atoms with Crippen molar-refractivity contribution in [2.24, 2.45) is 0 Å². The largest absolute Gasteiger partial charge is 0.253 e. The summed E-state index contributed by atoms with van der Waals surface area (Å²) in [7, 11) is 0. The molecule has 0 amide bonds. The van der Waals surface area contributed by atoms with Gasteiger partial charge in [0.05, 0.1) is 5.69 Å². The zero-order valence-electron chi connectivity index (χ0n) is 6.93. The van der Waals surface area contributed by atoms with Crippen LogP contribution in [0.5, 0.6) is 0 Å². The first-order valence-electron chi connectivity index (χ1n) is 4.27. The van der Waals surface area contributed by atoms with Crippen molar-refractivity contribution in [3.8, 4) is 0 Å². The van der Waals surface area contributed by atoms with E-state index in [1.54, 1.807) is 4.52 Å². The predicted molar refractivity (Wildman–Crippen MR) is 50.1 cm³/mol. The van der Waals surface area contributed by atoms with Gasteiger partial charge in [-0.05, 0) is 19.3 Å². The molecule has 4 nitrogen and oxygen atoms in total. The van der Waals surface area contributed by atoms with Crippen LogP contribution in [0.4, 0.5) is 0 Å². The Morgan fingerprint density at radius 3 is 3.23 bits per heavy atom. The molecule has 2 aromatic rings. The molecule has 0 unspecified atom stereocenters. The van der Waals surface area contributed by atoms with Gasteiger partial charge in [0.15, 0.2) is 0 Å². The first kappa shape index (κ1) is 7.32. The van der Waals surface area contributed by atoms with Crippen LogP contribution in [-0.2, 0) is 12.8 Å². The highest BCUT2D eigenvalue weighted by Crippen LogP contribution is 2.25. The zero-order chi connectivity index (χ0) is 8.84. The van der Waals surface area contributed by atoms with Crippen molar-refractivity contribution in [1.29, 1.82) is 0 Å². The van der Waals surface area contributed by atoms with Gasteiger partial charge in [0.1, 0.15) is 11.4 Å². The van der Waals surface area contributed by atoms with Crippen molar-refractivity contribution in [2.45, 2.75) is 24.3 Å². The number of hydrogen-bond acceptors (Lipinski definition) is 4. The fraction of sp³-hybridized carbons (Fsp3) is 0.375. The van der Waals surface area contributed by atoms with Gasteiger partial charge in [-0.3, -0.25) is 0 Å². The normalized spacial score (nSPS) is 15.2. The van der Waals surface area contributed by atoms with Crippen molar-refractivity contribution in [3.63, 3.8) is 0 Å². The SMILES string of the molecule is Sc1c2c(nc3ncnn13)CCC2. The van der Waals surface area contributed by atoms with Crippen LogP contribution in [-0.4, -0.2) is 19.6 Å². The van der Waals surface area contributed by atoms with E-state index in [0.29, 0.717) is 5.78 Å². The molecule has 0 saturated heterocycles. The third-order valence-corrected chi connectivity index (χ3v) is 2.88. The highest BCUT2D eigenvalue weighted by atomic mass is 32.1. The van der Waals surface area contributed by atoms with Crippen molar-refractivity contribution in [1.82, 2.24) is 19.6 Å². The summed E-state index contributed by atoms with van der Waals surface area (Å²) in [4.78, 5) is 8.47. The zero-order valence-corrected chi connectivity index (χ0v) is 7.83. The molecule has 0 spiro atoms. The Morgan fingerprint density at radius 2 is 2.31 bits per heavy atom. The van der Waals surface area contributed by atoms with Crippen LogP contribution in [0, 0.1) is 0 Å². The molecule has 0 aromatic carbocycles. The molecule has 0 atom stereocenters. The summed E-state index contributed by atoms with van der Waals surface area (Å²) in [5, 5.41) is 4.96. The fourth-order valence-electron chi connectivity index (χ4n) is 1.80. The summed E-state index contributed by atoms with van der Waals surface area (Å²) in [6.45, 7) is 0. The summed E-state index contributed by atoms with van der Waals surface area (Å²) in [5.74, 6) is 0.658. The summed E-state index contributed by atoms with van der Waals surface area (Å²) < 4.78 is 1.69. The topological polar surface area (TPSA) is 43.1 Å². The van der Waals surface area contributed by atoms with Crippen LogP contribution in [0.25, 0.3) is 5.78 Å². The van der Waals surface area contributed by atoms with Crippen LogP contribution in [0.1, 0.15) is 17.7 Å². The van der Waals surface area contributed by atoms with Crippen LogP contribution in [0.3, 0.4) is 0 Å². The Kier molecular flexibility index (Phi) is 1.38. The Morgan fingerprint density at radius 1 is 1.38 bits per heavy atom. The van der Waals surface area contributed by atoms with Gasteiger partial charge in [-0.1, -0.05) is 0 Å². The molecule has 1 aliphatic carbocycles. The molecule has 66 valence electrons. The number of thiol groups is 1. The minimum atomic E-state index is 0.658. The molecule has 0 aliphatic heterocycles. The lowest BCUT2D eigenvalue weighted by atomic mass is 10.3. The second-order valence-electron chi connectivity index (χ2n) is 3.19. The minimum Gasteiger partial charge on any atom is -0.216 e. The van der Waals surface area contributed by atoms with E-state index in [1.807, 2.05) is 0 Å². The van der Waals surface area contributed by atoms with E-state index in [9.17, 15) is 0 Å². The highest BCUT2D eigenvalue weighted by molar-refractivity contribution is 7.80. The molecule has 13 heavy (non-hydrogen) atoms. The average Bonchev–Trinajstić information content (AvgIpc) is 2.71. The number of fused-ring (bicyclic) bond motifs is 2. The molecule has 5 heteroatoms. The van der Waals surface area contributed by atoms with Gasteiger partial charge >= 0.3 is 0 Å². The smallest absolute Gasteiger partial charge is 0.216 e. The highest BCUT2D eigenvalue weighted by Gasteiger charge is 2.18. The van der Waals surface area contributed by atoms with Crippen molar-refractivity contribution < 1.29 is 0 Å². The fourth-order valence-corrected chi connectivity index (χ4v) is 2.18. The standard InChI is InChI=1S/C8H8N4S/c13-7-5-2-1-3-6(5)11-8-9-4-10-12(7)8/h4,13H,1-3H2. The van der Waals surface area contributed by atoms with Crippen molar-refractivity contribution in [3.05, 3.63) is 17.6 Å². The Hall–Kier alpha value is -1.10. The molecule has 1 aliphatic rings. The number of aryl methyl sites for hydroxylation is 1.